The van der Waals surface area contributed by atoms with E-state index in [9.17, 15) is 0 Å². The van der Waals surface area contributed by atoms with Gasteiger partial charge in [0.1, 0.15) is 5.82 Å². The Kier molecular flexibility index (Phi) is 4.13. The van der Waals surface area contributed by atoms with Crippen molar-refractivity contribution in [2.75, 3.05) is 17.7 Å². The van der Waals surface area contributed by atoms with Crippen LogP contribution in [0, 0.1) is 5.41 Å². The lowest BCUT2D eigenvalue weighted by molar-refractivity contribution is 0.358. The fourth-order valence-electron chi connectivity index (χ4n) is 1.01. The Bertz CT molecular complexity index is 359. The predicted molar refractivity (Wildman–Crippen MR) is 71.8 cm³/mol. The minimum absolute atomic E-state index is 0.185. The van der Waals surface area contributed by atoms with E-state index in [0.29, 0.717) is 12.0 Å². The molecule has 1 rings (SSSR count). The van der Waals surface area contributed by atoms with Gasteiger partial charge in [-0.1, -0.05) is 20.8 Å². The number of rotatable bonds is 3. The van der Waals surface area contributed by atoms with E-state index >= 15 is 0 Å². The van der Waals surface area contributed by atoms with Crippen LogP contribution in [0.5, 0.6) is 0 Å². The molecule has 0 saturated carbocycles. The molecule has 1 unspecified atom stereocenters. The lowest BCUT2D eigenvalue weighted by Crippen LogP contribution is -2.31. The second kappa shape index (κ2) is 4.99. The van der Waals surface area contributed by atoms with Gasteiger partial charge in [0.05, 0.1) is 4.47 Å². The average Bonchev–Trinajstić information content (AvgIpc) is 2.19. The molecule has 2 N–H and O–H groups in total. The molecule has 0 radical (unpaired) electrons. The first-order valence-corrected chi connectivity index (χ1v) is 6.10. The molecule has 90 valence electrons. The molecule has 0 spiro atoms. The van der Waals surface area contributed by atoms with Crippen LogP contribution >= 0.6 is 15.9 Å². The monoisotopic (exact) mass is 286 g/mol. The molecule has 0 aliphatic heterocycles. The van der Waals surface area contributed by atoms with Gasteiger partial charge in [0.2, 0.25) is 5.95 Å². The predicted octanol–water partition coefficient (Wildman–Crippen LogP) is 3.13. The molecule has 1 atom stereocenters. The maximum atomic E-state index is 4.36. The van der Waals surface area contributed by atoms with Crippen molar-refractivity contribution >= 4 is 27.7 Å². The van der Waals surface area contributed by atoms with Gasteiger partial charge in [0.15, 0.2) is 0 Å². The highest BCUT2D eigenvalue weighted by Crippen LogP contribution is 2.26. The highest BCUT2D eigenvalue weighted by molar-refractivity contribution is 9.10. The van der Waals surface area contributed by atoms with Crippen molar-refractivity contribution in [3.8, 4) is 0 Å². The third-order valence-electron chi connectivity index (χ3n) is 2.62. The van der Waals surface area contributed by atoms with E-state index in [1.165, 1.54) is 0 Å². The van der Waals surface area contributed by atoms with Crippen LogP contribution in [0.25, 0.3) is 0 Å². The summed E-state index contributed by atoms with van der Waals surface area (Å²) in [4.78, 5) is 8.48. The first kappa shape index (κ1) is 13.2. The number of nitrogens with zero attached hydrogens (tertiary/aromatic N) is 2. The number of nitrogens with one attached hydrogen (secondary N) is 2. The zero-order chi connectivity index (χ0) is 12.3. The molecule has 0 amide bonds. The van der Waals surface area contributed by atoms with Crippen LogP contribution in [0.15, 0.2) is 10.7 Å². The standard InChI is InChI=1S/C11H19BrN4/c1-7(11(2,3)4)15-9-8(12)6-14-10(13-5)16-9/h6-7H,1-5H3,(H2,13,14,15,16). The van der Waals surface area contributed by atoms with Crippen molar-refractivity contribution in [1.82, 2.24) is 9.97 Å². The van der Waals surface area contributed by atoms with E-state index in [1.54, 1.807) is 13.2 Å². The average molecular weight is 287 g/mol. The Labute approximate surface area is 105 Å². The summed E-state index contributed by atoms with van der Waals surface area (Å²) in [6.45, 7) is 8.73. The molecular weight excluding hydrogens is 268 g/mol. The summed E-state index contributed by atoms with van der Waals surface area (Å²) >= 11 is 3.44. The molecule has 0 fully saturated rings. The summed E-state index contributed by atoms with van der Waals surface area (Å²) < 4.78 is 0.877. The lowest BCUT2D eigenvalue weighted by atomic mass is 9.88. The van der Waals surface area contributed by atoms with E-state index in [4.69, 9.17) is 0 Å². The van der Waals surface area contributed by atoms with E-state index in [1.807, 2.05) is 0 Å². The molecule has 0 saturated heterocycles. The Morgan fingerprint density at radius 3 is 2.50 bits per heavy atom. The fourth-order valence-corrected chi connectivity index (χ4v) is 1.32. The molecule has 5 heteroatoms. The van der Waals surface area contributed by atoms with Crippen molar-refractivity contribution in [2.45, 2.75) is 33.7 Å². The fraction of sp³-hybridized carbons (Fsp3) is 0.636. The van der Waals surface area contributed by atoms with Crippen LogP contribution < -0.4 is 10.6 Å². The smallest absolute Gasteiger partial charge is 0.224 e. The molecule has 16 heavy (non-hydrogen) atoms. The highest BCUT2D eigenvalue weighted by atomic mass is 79.9. The largest absolute Gasteiger partial charge is 0.366 e. The molecule has 0 bridgehead atoms. The molecule has 0 aromatic carbocycles. The summed E-state index contributed by atoms with van der Waals surface area (Å²) in [5, 5.41) is 6.31. The summed E-state index contributed by atoms with van der Waals surface area (Å²) in [5.74, 6) is 1.44. The molecule has 1 aromatic heterocycles. The second-order valence-corrected chi connectivity index (χ2v) is 5.73. The summed E-state index contributed by atoms with van der Waals surface area (Å²) in [7, 11) is 1.81. The summed E-state index contributed by atoms with van der Waals surface area (Å²) in [6, 6.07) is 0.323. The number of hydrogen-bond donors (Lipinski definition) is 2. The Morgan fingerprint density at radius 2 is 2.00 bits per heavy atom. The van der Waals surface area contributed by atoms with Crippen LogP contribution in [0.1, 0.15) is 27.7 Å². The van der Waals surface area contributed by atoms with E-state index in [-0.39, 0.29) is 5.41 Å². The van der Waals surface area contributed by atoms with Gasteiger partial charge in [-0.3, -0.25) is 0 Å². The minimum atomic E-state index is 0.185. The van der Waals surface area contributed by atoms with Gasteiger partial charge in [-0.15, -0.1) is 0 Å². The Morgan fingerprint density at radius 1 is 1.38 bits per heavy atom. The molecular formula is C11H19BrN4. The molecule has 0 aliphatic carbocycles. The number of hydrogen-bond acceptors (Lipinski definition) is 4. The SMILES string of the molecule is CNc1ncc(Br)c(NC(C)C(C)(C)C)n1. The molecule has 4 nitrogen and oxygen atoms in total. The number of aromatic nitrogens is 2. The topological polar surface area (TPSA) is 49.8 Å². The first-order chi connectivity index (χ1) is 7.34. The normalized spacial score (nSPS) is 13.4. The third-order valence-corrected chi connectivity index (χ3v) is 3.20. The highest BCUT2D eigenvalue weighted by Gasteiger charge is 2.21. The summed E-state index contributed by atoms with van der Waals surface area (Å²) in [5.41, 5.74) is 0.185. The number of halogens is 1. The maximum absolute atomic E-state index is 4.36. The number of anilines is 2. The lowest BCUT2D eigenvalue weighted by Gasteiger charge is -2.28. The van der Waals surface area contributed by atoms with Gasteiger partial charge in [-0.2, -0.15) is 4.98 Å². The maximum Gasteiger partial charge on any atom is 0.224 e. The summed E-state index contributed by atoms with van der Waals surface area (Å²) in [6.07, 6.45) is 1.75. The minimum Gasteiger partial charge on any atom is -0.366 e. The van der Waals surface area contributed by atoms with Crippen LogP contribution in [-0.2, 0) is 0 Å². The van der Waals surface area contributed by atoms with Crippen molar-refractivity contribution in [3.63, 3.8) is 0 Å². The van der Waals surface area contributed by atoms with Crippen LogP contribution in [-0.4, -0.2) is 23.1 Å². The van der Waals surface area contributed by atoms with Gasteiger partial charge in [-0.05, 0) is 28.3 Å². The molecule has 1 heterocycles. The zero-order valence-electron chi connectivity index (χ0n) is 10.4. The van der Waals surface area contributed by atoms with Crippen molar-refractivity contribution < 1.29 is 0 Å². The van der Waals surface area contributed by atoms with E-state index < -0.39 is 0 Å². The second-order valence-electron chi connectivity index (χ2n) is 4.87. The van der Waals surface area contributed by atoms with Crippen molar-refractivity contribution in [1.29, 1.82) is 0 Å². The van der Waals surface area contributed by atoms with E-state index in [0.717, 1.165) is 10.3 Å². The Hall–Kier alpha value is -0.840. The Balaban J connectivity index is 2.88. The van der Waals surface area contributed by atoms with Crippen molar-refractivity contribution in [3.05, 3.63) is 10.7 Å². The van der Waals surface area contributed by atoms with Crippen LogP contribution in [0.2, 0.25) is 0 Å². The van der Waals surface area contributed by atoms with Crippen molar-refractivity contribution in [2.24, 2.45) is 5.41 Å². The molecule has 0 aliphatic rings. The van der Waals surface area contributed by atoms with Gasteiger partial charge in [-0.25, -0.2) is 4.98 Å². The molecule has 1 aromatic rings. The van der Waals surface area contributed by atoms with E-state index in [2.05, 4.69) is 64.2 Å². The van der Waals surface area contributed by atoms with Gasteiger partial charge >= 0.3 is 0 Å². The van der Waals surface area contributed by atoms with Gasteiger partial charge < -0.3 is 10.6 Å². The van der Waals surface area contributed by atoms with Gasteiger partial charge in [0.25, 0.3) is 0 Å². The zero-order valence-corrected chi connectivity index (χ0v) is 12.0. The van der Waals surface area contributed by atoms with Crippen LogP contribution in [0.4, 0.5) is 11.8 Å². The third kappa shape index (κ3) is 3.33. The first-order valence-electron chi connectivity index (χ1n) is 5.31. The van der Waals surface area contributed by atoms with Gasteiger partial charge in [0, 0.05) is 19.3 Å². The quantitative estimate of drug-likeness (QED) is 0.896. The van der Waals surface area contributed by atoms with Crippen LogP contribution in [0.3, 0.4) is 0 Å².